The van der Waals surface area contributed by atoms with E-state index in [0.717, 1.165) is 5.56 Å². The van der Waals surface area contributed by atoms with Crippen molar-refractivity contribution in [2.45, 2.75) is 17.9 Å². The largest absolute Gasteiger partial charge is 0.478 e. The molecule has 1 aliphatic rings. The van der Waals surface area contributed by atoms with Crippen molar-refractivity contribution in [2.24, 2.45) is 0 Å². The highest BCUT2D eigenvalue weighted by Crippen LogP contribution is 2.32. The Morgan fingerprint density at radius 1 is 1.50 bits per heavy atom. The quantitative estimate of drug-likeness (QED) is 0.821. The summed E-state index contributed by atoms with van der Waals surface area (Å²) in [7, 11) is 1.74. The normalized spacial score (nSPS) is 23.4. The van der Waals surface area contributed by atoms with E-state index in [9.17, 15) is 9.90 Å². The van der Waals surface area contributed by atoms with Crippen LogP contribution < -0.4 is 0 Å². The van der Waals surface area contributed by atoms with E-state index in [-0.39, 0.29) is 10.8 Å². The Morgan fingerprint density at radius 2 is 2.17 bits per heavy atom. The average Bonchev–Trinajstić information content (AvgIpc) is 2.57. The molecule has 0 aromatic heterocycles. The number of aliphatic hydroxyl groups is 1. The number of carboxylic acid groups (broad SMARTS) is 1. The number of thiocarbonyl (C=S) groups is 1. The van der Waals surface area contributed by atoms with Crippen LogP contribution in [0.3, 0.4) is 0 Å². The van der Waals surface area contributed by atoms with Crippen LogP contribution in [0, 0.1) is 0 Å². The number of nitrogens with zero attached hydrogens (tertiary/aromatic N) is 1. The molecule has 96 valence electrons. The third kappa shape index (κ3) is 2.50. The van der Waals surface area contributed by atoms with Crippen molar-refractivity contribution in [1.82, 2.24) is 4.90 Å². The van der Waals surface area contributed by atoms with Crippen molar-refractivity contribution in [1.29, 1.82) is 0 Å². The fourth-order valence-corrected chi connectivity index (χ4v) is 3.48. The van der Waals surface area contributed by atoms with Crippen molar-refractivity contribution in [2.75, 3.05) is 7.05 Å². The molecular weight excluding hydrogens is 270 g/mol. The number of thioether (sulfide) groups is 1. The van der Waals surface area contributed by atoms with E-state index < -0.39 is 12.2 Å². The first-order chi connectivity index (χ1) is 8.50. The summed E-state index contributed by atoms with van der Waals surface area (Å²) in [5.74, 6) is -0.945. The molecule has 0 radical (unpaired) electrons. The lowest BCUT2D eigenvalue weighted by Crippen LogP contribution is -2.33. The summed E-state index contributed by atoms with van der Waals surface area (Å²) < 4.78 is 0.639. The Hall–Kier alpha value is -1.11. The highest BCUT2D eigenvalue weighted by Gasteiger charge is 2.35. The van der Waals surface area contributed by atoms with E-state index in [4.69, 9.17) is 17.3 Å². The summed E-state index contributed by atoms with van der Waals surface area (Å²) in [6.45, 7) is 0. The van der Waals surface area contributed by atoms with Crippen molar-refractivity contribution in [3.8, 4) is 0 Å². The zero-order chi connectivity index (χ0) is 13.3. The number of hydrogen-bond acceptors (Lipinski definition) is 4. The number of rotatable bonds is 3. The molecule has 0 bridgehead atoms. The van der Waals surface area contributed by atoms with Crippen LogP contribution in [0.2, 0.25) is 0 Å². The van der Waals surface area contributed by atoms with Crippen LogP contribution in [-0.4, -0.2) is 43.9 Å². The number of carboxylic acids is 1. The Morgan fingerprint density at radius 3 is 2.72 bits per heavy atom. The van der Waals surface area contributed by atoms with Gasteiger partial charge in [0.2, 0.25) is 0 Å². The maximum Gasteiger partial charge on any atom is 0.335 e. The van der Waals surface area contributed by atoms with Crippen molar-refractivity contribution in [3.63, 3.8) is 0 Å². The van der Waals surface area contributed by atoms with Gasteiger partial charge in [0.05, 0.1) is 10.8 Å². The number of benzene rings is 1. The van der Waals surface area contributed by atoms with E-state index in [2.05, 4.69) is 0 Å². The molecule has 1 fully saturated rings. The molecule has 1 aromatic rings. The van der Waals surface area contributed by atoms with Crippen LogP contribution in [0.1, 0.15) is 15.9 Å². The minimum Gasteiger partial charge on any atom is -0.478 e. The zero-order valence-electron chi connectivity index (χ0n) is 9.74. The molecule has 2 atom stereocenters. The molecule has 1 heterocycles. The number of aromatic carboxylic acids is 1. The van der Waals surface area contributed by atoms with E-state index in [1.165, 1.54) is 11.8 Å². The molecule has 1 aromatic carbocycles. The summed E-state index contributed by atoms with van der Waals surface area (Å²) in [6, 6.07) is 6.85. The number of carbonyl (C=O) groups is 1. The first kappa shape index (κ1) is 13.3. The SMILES string of the molecule is CN1C(=S)SC(Cc2ccccc2C(=O)O)C1O. The fourth-order valence-electron chi connectivity index (χ4n) is 1.90. The van der Waals surface area contributed by atoms with Crippen LogP contribution in [-0.2, 0) is 6.42 Å². The summed E-state index contributed by atoms with van der Waals surface area (Å²) in [4.78, 5) is 12.7. The van der Waals surface area contributed by atoms with Gasteiger partial charge in [-0.05, 0) is 18.1 Å². The average molecular weight is 283 g/mol. The lowest BCUT2D eigenvalue weighted by atomic mass is 10.0. The van der Waals surface area contributed by atoms with E-state index in [0.29, 0.717) is 10.7 Å². The first-order valence-corrected chi connectivity index (χ1v) is 6.72. The van der Waals surface area contributed by atoms with Crippen molar-refractivity contribution in [3.05, 3.63) is 35.4 Å². The first-order valence-electron chi connectivity index (χ1n) is 5.43. The smallest absolute Gasteiger partial charge is 0.335 e. The zero-order valence-corrected chi connectivity index (χ0v) is 11.4. The highest BCUT2D eigenvalue weighted by atomic mass is 32.2. The molecule has 1 aliphatic heterocycles. The molecule has 6 heteroatoms. The molecule has 0 amide bonds. The molecule has 1 saturated heterocycles. The highest BCUT2D eigenvalue weighted by molar-refractivity contribution is 8.23. The second-order valence-corrected chi connectivity index (χ2v) is 5.99. The summed E-state index contributed by atoms with van der Waals surface area (Å²) >= 11 is 6.52. The molecule has 18 heavy (non-hydrogen) atoms. The Labute approximate surface area is 115 Å². The van der Waals surface area contributed by atoms with Gasteiger partial charge in [0.15, 0.2) is 0 Å². The fraction of sp³-hybridized carbons (Fsp3) is 0.333. The second kappa shape index (κ2) is 5.26. The Balaban J connectivity index is 2.20. The summed E-state index contributed by atoms with van der Waals surface area (Å²) in [6.07, 6.45) is -0.178. The van der Waals surface area contributed by atoms with Crippen LogP contribution in [0.5, 0.6) is 0 Å². The second-order valence-electron chi connectivity index (χ2n) is 4.11. The monoisotopic (exact) mass is 283 g/mol. The van der Waals surface area contributed by atoms with E-state index in [1.54, 1.807) is 36.2 Å². The third-order valence-electron chi connectivity index (χ3n) is 2.94. The van der Waals surface area contributed by atoms with Gasteiger partial charge >= 0.3 is 5.97 Å². The molecule has 2 rings (SSSR count). The summed E-state index contributed by atoms with van der Waals surface area (Å²) in [5, 5.41) is 19.0. The lowest BCUT2D eigenvalue weighted by molar-refractivity contribution is 0.0688. The standard InChI is InChI=1S/C12H13NO3S2/c1-13-10(14)9(18-12(13)17)6-7-4-2-3-5-8(7)11(15)16/h2-5,9-10,14H,6H2,1H3,(H,15,16). The van der Waals surface area contributed by atoms with E-state index >= 15 is 0 Å². The molecule has 0 aliphatic carbocycles. The van der Waals surface area contributed by atoms with Gasteiger partial charge in [0, 0.05) is 7.05 Å². The number of hydrogen-bond donors (Lipinski definition) is 2. The van der Waals surface area contributed by atoms with Crippen molar-refractivity contribution >= 4 is 34.3 Å². The number of aliphatic hydroxyl groups excluding tert-OH is 1. The van der Waals surface area contributed by atoms with Gasteiger partial charge in [-0.25, -0.2) is 4.79 Å². The van der Waals surface area contributed by atoms with Gasteiger partial charge in [0.25, 0.3) is 0 Å². The Bertz CT molecular complexity index is 492. The third-order valence-corrected chi connectivity index (χ3v) is 4.72. The molecule has 0 saturated carbocycles. The van der Waals surface area contributed by atoms with Crippen LogP contribution >= 0.6 is 24.0 Å². The van der Waals surface area contributed by atoms with Gasteiger partial charge in [-0.3, -0.25) is 0 Å². The maximum absolute atomic E-state index is 11.1. The predicted molar refractivity (Wildman–Crippen MR) is 74.9 cm³/mol. The van der Waals surface area contributed by atoms with Gasteiger partial charge in [-0.15, -0.1) is 0 Å². The maximum atomic E-state index is 11.1. The topological polar surface area (TPSA) is 60.8 Å². The van der Waals surface area contributed by atoms with Crippen LogP contribution in [0.4, 0.5) is 0 Å². The van der Waals surface area contributed by atoms with Crippen molar-refractivity contribution < 1.29 is 15.0 Å². The van der Waals surface area contributed by atoms with Crippen LogP contribution in [0.15, 0.2) is 24.3 Å². The molecule has 4 nitrogen and oxygen atoms in total. The predicted octanol–water partition coefficient (Wildman–Crippen LogP) is 1.58. The van der Waals surface area contributed by atoms with Gasteiger partial charge in [-0.1, -0.05) is 42.2 Å². The molecule has 0 spiro atoms. The minimum absolute atomic E-state index is 0.122. The summed E-state index contributed by atoms with van der Waals surface area (Å²) in [5.41, 5.74) is 1.01. The van der Waals surface area contributed by atoms with E-state index in [1.807, 2.05) is 0 Å². The van der Waals surface area contributed by atoms with Gasteiger partial charge < -0.3 is 15.1 Å². The van der Waals surface area contributed by atoms with Gasteiger partial charge in [-0.2, -0.15) is 0 Å². The van der Waals surface area contributed by atoms with Gasteiger partial charge in [0.1, 0.15) is 10.5 Å². The molecule has 2 unspecified atom stereocenters. The minimum atomic E-state index is -0.945. The lowest BCUT2D eigenvalue weighted by Gasteiger charge is -2.19. The molecular formula is C12H13NO3S2. The Kier molecular flexibility index (Phi) is 3.89. The van der Waals surface area contributed by atoms with Crippen LogP contribution in [0.25, 0.3) is 0 Å². The molecule has 2 N–H and O–H groups in total.